The second-order valence-electron chi connectivity index (χ2n) is 11.6. The number of methoxy groups -OCH3 is 1. The average molecular weight is 484 g/mol. The number of hydrogen-bond acceptors (Lipinski definition) is 5. The summed E-state index contributed by atoms with van der Waals surface area (Å²) in [5, 5.41) is 11.1. The van der Waals surface area contributed by atoms with E-state index >= 15 is 0 Å². The van der Waals surface area contributed by atoms with E-state index in [2.05, 4.69) is 13.8 Å². The topological polar surface area (TPSA) is 83.9 Å². The molecule has 0 radical (unpaired) electrons. The average Bonchev–Trinajstić information content (AvgIpc) is 3.57. The molecule has 7 heteroatoms. The minimum atomic E-state index is -1.57. The van der Waals surface area contributed by atoms with Gasteiger partial charge in [0, 0.05) is 27.9 Å². The summed E-state index contributed by atoms with van der Waals surface area (Å²) in [5.74, 6) is 0.151. The molecule has 0 aromatic heterocycles. The fraction of sp³-hybridized carbons (Fsp3) is 0.630. The van der Waals surface area contributed by atoms with Gasteiger partial charge in [0.25, 0.3) is 0 Å². The highest BCUT2D eigenvalue weighted by molar-refractivity contribution is 7.87. The van der Waals surface area contributed by atoms with Gasteiger partial charge in [0.1, 0.15) is 10.5 Å². The molecule has 1 heterocycles. The van der Waals surface area contributed by atoms with E-state index in [1.807, 2.05) is 36.4 Å². The first kappa shape index (κ1) is 22.5. The number of nitrogens with zero attached hydrogens (tertiary/aromatic N) is 1. The van der Waals surface area contributed by atoms with Gasteiger partial charge in [-0.25, -0.2) is 0 Å². The Morgan fingerprint density at radius 2 is 1.88 bits per heavy atom. The van der Waals surface area contributed by atoms with E-state index in [1.165, 1.54) is 4.90 Å². The fourth-order valence-electron chi connectivity index (χ4n) is 8.18. The molecule has 2 amide bonds. The van der Waals surface area contributed by atoms with E-state index in [0.717, 1.165) is 24.8 Å². The lowest BCUT2D eigenvalue weighted by Gasteiger charge is -2.43. The van der Waals surface area contributed by atoms with Crippen LogP contribution in [0.5, 0.6) is 5.75 Å². The van der Waals surface area contributed by atoms with Crippen LogP contribution in [0.1, 0.15) is 45.1 Å². The summed E-state index contributed by atoms with van der Waals surface area (Å²) >= 11 is 0. The molecule has 5 aliphatic rings. The second-order valence-corrected chi connectivity index (χ2v) is 13.2. The molecule has 1 saturated heterocycles. The van der Waals surface area contributed by atoms with E-state index in [0.29, 0.717) is 23.8 Å². The molecule has 182 valence electrons. The molecule has 1 N–H and O–H groups in total. The van der Waals surface area contributed by atoms with Crippen LogP contribution in [0.15, 0.2) is 36.4 Å². The molecule has 6 nitrogen and oxygen atoms in total. The number of aliphatic hydroxyl groups is 1. The van der Waals surface area contributed by atoms with Crippen molar-refractivity contribution in [2.45, 2.75) is 56.9 Å². The molecule has 3 saturated carbocycles. The fourth-order valence-corrected chi connectivity index (χ4v) is 11.0. The van der Waals surface area contributed by atoms with E-state index in [4.69, 9.17) is 4.74 Å². The molecule has 4 fully saturated rings. The predicted octanol–water partition coefficient (Wildman–Crippen LogP) is 3.06. The molecule has 8 atom stereocenters. The number of allylic oxidation sites excluding steroid dienone is 2. The highest BCUT2D eigenvalue weighted by Gasteiger charge is 2.74. The van der Waals surface area contributed by atoms with Crippen LogP contribution >= 0.6 is 0 Å². The number of fused-ring (bicyclic) bond motifs is 7. The van der Waals surface area contributed by atoms with Crippen LogP contribution in [0.2, 0.25) is 0 Å². The monoisotopic (exact) mass is 483 g/mol. The Morgan fingerprint density at radius 1 is 1.15 bits per heavy atom. The number of ether oxygens (including phenoxy) is 1. The Bertz CT molecular complexity index is 1110. The zero-order valence-corrected chi connectivity index (χ0v) is 20.8. The zero-order chi connectivity index (χ0) is 24.0. The van der Waals surface area contributed by atoms with Crippen LogP contribution in [0, 0.1) is 34.5 Å². The highest BCUT2D eigenvalue weighted by atomic mass is 32.2. The van der Waals surface area contributed by atoms with E-state index in [9.17, 15) is 18.9 Å². The van der Waals surface area contributed by atoms with Crippen LogP contribution in [0.25, 0.3) is 0 Å². The minimum Gasteiger partial charge on any atom is -0.497 e. The van der Waals surface area contributed by atoms with Gasteiger partial charge in [-0.15, -0.1) is 0 Å². The number of likely N-dealkylation sites (tertiary alicyclic amines) is 1. The number of rotatable bonds is 6. The Balaban J connectivity index is 1.35. The van der Waals surface area contributed by atoms with E-state index in [-0.39, 0.29) is 35.6 Å². The Labute approximate surface area is 203 Å². The maximum absolute atomic E-state index is 14.4. The van der Waals surface area contributed by atoms with Crippen molar-refractivity contribution in [1.82, 2.24) is 4.90 Å². The van der Waals surface area contributed by atoms with E-state index < -0.39 is 33.0 Å². The van der Waals surface area contributed by atoms with Gasteiger partial charge in [-0.3, -0.25) is 18.7 Å². The van der Waals surface area contributed by atoms with Crippen molar-refractivity contribution in [3.8, 4) is 5.75 Å². The van der Waals surface area contributed by atoms with Crippen LogP contribution in [0.4, 0.5) is 0 Å². The van der Waals surface area contributed by atoms with Crippen molar-refractivity contribution in [3.63, 3.8) is 0 Å². The third kappa shape index (κ3) is 2.58. The number of carbonyl (C=O) groups is 2. The van der Waals surface area contributed by atoms with Gasteiger partial charge in [-0.2, -0.15) is 0 Å². The molecule has 6 rings (SSSR count). The van der Waals surface area contributed by atoms with Gasteiger partial charge < -0.3 is 9.84 Å². The molecule has 1 aromatic carbocycles. The highest BCUT2D eigenvalue weighted by Crippen LogP contribution is 2.67. The van der Waals surface area contributed by atoms with Crippen molar-refractivity contribution in [2.75, 3.05) is 12.9 Å². The lowest BCUT2D eigenvalue weighted by molar-refractivity contribution is -0.141. The maximum atomic E-state index is 14.4. The Kier molecular flexibility index (Phi) is 4.80. The molecule has 4 bridgehead atoms. The summed E-state index contributed by atoms with van der Waals surface area (Å²) < 4.78 is 18.4. The number of imide groups is 1. The summed E-state index contributed by atoms with van der Waals surface area (Å²) in [6, 6.07) is 7.36. The van der Waals surface area contributed by atoms with Crippen LogP contribution in [-0.4, -0.2) is 49.7 Å². The summed E-state index contributed by atoms with van der Waals surface area (Å²) in [6.45, 7) is 4.55. The maximum Gasteiger partial charge on any atom is 0.249 e. The molecule has 34 heavy (non-hydrogen) atoms. The normalized spacial score (nSPS) is 42.0. The third-order valence-electron chi connectivity index (χ3n) is 10.3. The van der Waals surface area contributed by atoms with Crippen molar-refractivity contribution in [3.05, 3.63) is 42.0 Å². The molecular formula is C27H33NO5S. The third-order valence-corrected chi connectivity index (χ3v) is 12.6. The predicted molar refractivity (Wildman–Crippen MR) is 128 cm³/mol. The smallest absolute Gasteiger partial charge is 0.249 e. The van der Waals surface area contributed by atoms with Crippen molar-refractivity contribution in [1.29, 1.82) is 0 Å². The molecule has 4 aliphatic carbocycles. The van der Waals surface area contributed by atoms with Gasteiger partial charge in [-0.05, 0) is 60.6 Å². The summed E-state index contributed by atoms with van der Waals surface area (Å²) in [6.07, 6.45) is 6.88. The van der Waals surface area contributed by atoms with E-state index in [1.54, 1.807) is 7.11 Å². The first-order valence-corrected chi connectivity index (χ1v) is 13.7. The lowest BCUT2D eigenvalue weighted by Crippen LogP contribution is -2.55. The van der Waals surface area contributed by atoms with Gasteiger partial charge >= 0.3 is 0 Å². The van der Waals surface area contributed by atoms with Crippen molar-refractivity contribution in [2.24, 2.45) is 34.5 Å². The summed E-state index contributed by atoms with van der Waals surface area (Å²) in [5.41, 5.74) is 0.254. The Hall–Kier alpha value is -1.99. The molecule has 0 spiro atoms. The van der Waals surface area contributed by atoms with Crippen molar-refractivity contribution >= 4 is 22.6 Å². The Morgan fingerprint density at radius 3 is 2.50 bits per heavy atom. The molecular weight excluding hydrogens is 450 g/mol. The van der Waals surface area contributed by atoms with Gasteiger partial charge in [-0.1, -0.05) is 38.1 Å². The van der Waals surface area contributed by atoms with Gasteiger partial charge in [0.05, 0.1) is 25.7 Å². The largest absolute Gasteiger partial charge is 0.497 e. The number of benzene rings is 1. The molecule has 1 aromatic rings. The van der Waals surface area contributed by atoms with Crippen LogP contribution in [-0.2, 0) is 26.9 Å². The SMILES string of the molecule is COc1ccc(CN2C(=O)[C@H]3[C@H]4C=C[C@H](C4)[C@@]3([S@](=O)C[C@]34CC[C@H](C[C@H]3O)C4(C)C)C2=O)cc1. The van der Waals surface area contributed by atoms with Gasteiger partial charge in [0.2, 0.25) is 11.8 Å². The van der Waals surface area contributed by atoms with Crippen molar-refractivity contribution < 1.29 is 23.6 Å². The lowest BCUT2D eigenvalue weighted by atomic mass is 9.70. The van der Waals surface area contributed by atoms with Crippen LogP contribution < -0.4 is 4.74 Å². The van der Waals surface area contributed by atoms with Crippen LogP contribution in [0.3, 0.4) is 0 Å². The second kappa shape index (κ2) is 7.26. The first-order chi connectivity index (χ1) is 16.2. The molecule has 1 aliphatic heterocycles. The van der Waals surface area contributed by atoms with Gasteiger partial charge in [0.15, 0.2) is 0 Å². The zero-order valence-electron chi connectivity index (χ0n) is 20.0. The minimum absolute atomic E-state index is 0.0402. The number of aliphatic hydroxyl groups excluding tert-OH is 1. The standard InChI is InChI=1S/C27H33NO5S/c1-25(2)18-10-11-26(25,21(29)13-18)15-34(32)27-19-7-6-17(12-19)22(27)23(30)28(24(27)31)14-16-4-8-20(33-3)9-5-16/h4-9,17-19,21-22,29H,10-15H2,1-3H3/t17-,18+,19+,21+,22+,26+,27-,34+/m0/s1. The first-order valence-electron chi connectivity index (χ1n) is 12.4. The summed E-state index contributed by atoms with van der Waals surface area (Å²) in [7, 11) is 0.0288. The number of carbonyl (C=O) groups excluding carboxylic acids is 2. The molecule has 0 unspecified atom stereocenters. The number of hydrogen-bond donors (Lipinski definition) is 1. The number of amides is 2. The quantitative estimate of drug-likeness (QED) is 0.497. The summed E-state index contributed by atoms with van der Waals surface area (Å²) in [4.78, 5) is 29.1.